The van der Waals surface area contributed by atoms with Gasteiger partial charge in [0.25, 0.3) is 5.91 Å². The van der Waals surface area contributed by atoms with Crippen LogP contribution in [-0.2, 0) is 14.3 Å². The van der Waals surface area contributed by atoms with Crippen molar-refractivity contribution in [3.05, 3.63) is 0 Å². The van der Waals surface area contributed by atoms with Gasteiger partial charge in [-0.3, -0.25) is 20.3 Å². The molecule has 0 radical (unpaired) electrons. The number of ether oxygens (including phenoxy) is 1. The van der Waals surface area contributed by atoms with Crippen molar-refractivity contribution in [2.24, 2.45) is 5.84 Å². The van der Waals surface area contributed by atoms with Gasteiger partial charge in [0.1, 0.15) is 6.04 Å². The topological polar surface area (TPSA) is 82.4 Å². The molecular formula is C15H29N5O3. The van der Waals surface area contributed by atoms with E-state index in [0.29, 0.717) is 12.6 Å². The summed E-state index contributed by atoms with van der Waals surface area (Å²) in [4.78, 5) is 30.0. The second kappa shape index (κ2) is 8.05. The summed E-state index contributed by atoms with van der Waals surface area (Å²) in [6, 6.07) is -0.0147. The van der Waals surface area contributed by atoms with E-state index in [1.165, 1.54) is 4.90 Å². The Bertz CT molecular complexity index is 423. The van der Waals surface area contributed by atoms with E-state index in [1.54, 1.807) is 19.1 Å². The molecule has 0 aromatic heterocycles. The lowest BCUT2D eigenvalue weighted by Crippen LogP contribution is -2.62. The van der Waals surface area contributed by atoms with Crippen LogP contribution in [0.3, 0.4) is 0 Å². The van der Waals surface area contributed by atoms with Crippen molar-refractivity contribution in [1.29, 1.82) is 0 Å². The monoisotopic (exact) mass is 327 g/mol. The van der Waals surface area contributed by atoms with E-state index in [9.17, 15) is 9.59 Å². The fourth-order valence-electron chi connectivity index (χ4n) is 3.15. The molecule has 2 aliphatic rings. The lowest BCUT2D eigenvalue weighted by molar-refractivity contribution is -0.159. The molecule has 2 aliphatic heterocycles. The van der Waals surface area contributed by atoms with Crippen LogP contribution >= 0.6 is 0 Å². The molecule has 0 aromatic carbocycles. The molecule has 0 spiro atoms. The molecule has 2 fully saturated rings. The molecular weight excluding hydrogens is 298 g/mol. The predicted molar refractivity (Wildman–Crippen MR) is 86.4 cm³/mol. The Hall–Kier alpha value is -1.22. The summed E-state index contributed by atoms with van der Waals surface area (Å²) in [6.45, 7) is 3.80. The van der Waals surface area contributed by atoms with E-state index in [4.69, 9.17) is 10.6 Å². The number of amides is 1. The molecule has 0 bridgehead atoms. The molecule has 8 heteroatoms. The fraction of sp³-hybridized carbons (Fsp3) is 0.867. The maximum atomic E-state index is 12.5. The van der Waals surface area contributed by atoms with Gasteiger partial charge in [0, 0.05) is 39.8 Å². The number of likely N-dealkylation sites (N-methyl/N-ethyl adjacent to an activating group) is 1. The second-order valence-electron chi connectivity index (χ2n) is 6.68. The Kier molecular flexibility index (Phi) is 6.34. The molecule has 0 saturated carbocycles. The number of piperazine rings is 1. The highest BCUT2D eigenvalue weighted by Crippen LogP contribution is 2.21. The minimum Gasteiger partial charge on any atom is -0.454 e. The molecule has 2 heterocycles. The summed E-state index contributed by atoms with van der Waals surface area (Å²) < 4.78 is 5.23. The smallest absolute Gasteiger partial charge is 0.325 e. The average Bonchev–Trinajstić information content (AvgIpc) is 2.53. The van der Waals surface area contributed by atoms with Crippen molar-refractivity contribution in [3.63, 3.8) is 0 Å². The number of likely N-dealkylation sites (tertiary alicyclic amines) is 1. The third kappa shape index (κ3) is 4.87. The van der Waals surface area contributed by atoms with E-state index in [1.807, 2.05) is 0 Å². The van der Waals surface area contributed by atoms with Crippen LogP contribution in [0, 0.1) is 0 Å². The minimum absolute atomic E-state index is 0.214. The molecule has 0 aliphatic carbocycles. The SMILES string of the molecule is CN1CCC(N2CCN(N)CC2C(=O)OCC(=O)N(C)C)CC1. The summed E-state index contributed by atoms with van der Waals surface area (Å²) in [5.41, 5.74) is 0. The van der Waals surface area contributed by atoms with Gasteiger partial charge in [-0.2, -0.15) is 0 Å². The number of piperidine rings is 1. The second-order valence-corrected chi connectivity index (χ2v) is 6.68. The van der Waals surface area contributed by atoms with Crippen molar-refractivity contribution >= 4 is 11.9 Å². The zero-order valence-corrected chi connectivity index (χ0v) is 14.4. The summed E-state index contributed by atoms with van der Waals surface area (Å²) >= 11 is 0. The van der Waals surface area contributed by atoms with Gasteiger partial charge >= 0.3 is 5.97 Å². The van der Waals surface area contributed by atoms with Crippen LogP contribution in [0.25, 0.3) is 0 Å². The number of hydrazine groups is 1. The Morgan fingerprint density at radius 3 is 2.43 bits per heavy atom. The van der Waals surface area contributed by atoms with Crippen LogP contribution in [0.1, 0.15) is 12.8 Å². The standard InChI is InChI=1S/C15H29N5O3/c1-17(2)14(21)11-23-15(22)13-10-19(16)8-9-20(13)12-4-6-18(3)7-5-12/h12-13H,4-11,16H2,1-3H3. The van der Waals surface area contributed by atoms with Gasteiger partial charge in [0.15, 0.2) is 6.61 Å². The van der Waals surface area contributed by atoms with Crippen molar-refractivity contribution in [2.75, 3.05) is 60.5 Å². The maximum absolute atomic E-state index is 12.5. The van der Waals surface area contributed by atoms with Gasteiger partial charge in [-0.1, -0.05) is 0 Å². The molecule has 132 valence electrons. The lowest BCUT2D eigenvalue weighted by Gasteiger charge is -2.44. The normalized spacial score (nSPS) is 25.3. The number of carbonyl (C=O) groups excluding carboxylic acids is 2. The highest BCUT2D eigenvalue weighted by Gasteiger charge is 2.37. The van der Waals surface area contributed by atoms with Crippen molar-refractivity contribution in [2.45, 2.75) is 24.9 Å². The molecule has 8 nitrogen and oxygen atoms in total. The highest BCUT2D eigenvalue weighted by atomic mass is 16.5. The molecule has 1 unspecified atom stereocenters. The van der Waals surface area contributed by atoms with Crippen molar-refractivity contribution in [1.82, 2.24) is 19.7 Å². The van der Waals surface area contributed by atoms with Crippen molar-refractivity contribution < 1.29 is 14.3 Å². The van der Waals surface area contributed by atoms with Crippen LogP contribution in [0.4, 0.5) is 0 Å². The van der Waals surface area contributed by atoms with Gasteiger partial charge in [0.2, 0.25) is 0 Å². The third-order valence-electron chi connectivity index (χ3n) is 4.72. The number of nitrogens with zero attached hydrogens (tertiary/aromatic N) is 4. The Morgan fingerprint density at radius 1 is 1.17 bits per heavy atom. The molecule has 2 N–H and O–H groups in total. The van der Waals surface area contributed by atoms with Gasteiger partial charge in [-0.25, -0.2) is 5.01 Å². The van der Waals surface area contributed by atoms with Crippen LogP contribution in [-0.4, -0.2) is 104 Å². The molecule has 23 heavy (non-hydrogen) atoms. The molecule has 1 amide bonds. The number of hydrogen-bond acceptors (Lipinski definition) is 7. The van der Waals surface area contributed by atoms with Crippen molar-refractivity contribution in [3.8, 4) is 0 Å². The Morgan fingerprint density at radius 2 is 1.83 bits per heavy atom. The van der Waals surface area contributed by atoms with Crippen LogP contribution in [0.2, 0.25) is 0 Å². The first-order valence-electron chi connectivity index (χ1n) is 8.19. The third-order valence-corrected chi connectivity index (χ3v) is 4.72. The summed E-state index contributed by atoms with van der Waals surface area (Å²) in [7, 11) is 5.40. The Balaban J connectivity index is 1.96. The van der Waals surface area contributed by atoms with Crippen LogP contribution in [0.5, 0.6) is 0 Å². The van der Waals surface area contributed by atoms with E-state index >= 15 is 0 Å². The van der Waals surface area contributed by atoms with Gasteiger partial charge in [0.05, 0.1) is 0 Å². The quantitative estimate of drug-likeness (QED) is 0.501. The van der Waals surface area contributed by atoms with Gasteiger partial charge in [-0.05, 0) is 33.0 Å². The van der Waals surface area contributed by atoms with E-state index in [2.05, 4.69) is 16.8 Å². The average molecular weight is 327 g/mol. The van der Waals surface area contributed by atoms with Gasteiger partial charge in [-0.15, -0.1) is 0 Å². The van der Waals surface area contributed by atoms with Gasteiger partial charge < -0.3 is 14.5 Å². The fourth-order valence-corrected chi connectivity index (χ4v) is 3.15. The zero-order chi connectivity index (χ0) is 17.0. The molecule has 2 saturated heterocycles. The number of rotatable bonds is 4. The summed E-state index contributed by atoms with van der Waals surface area (Å²) in [5.74, 6) is 5.33. The maximum Gasteiger partial charge on any atom is 0.325 e. The van der Waals surface area contributed by atoms with E-state index in [-0.39, 0.29) is 18.5 Å². The summed E-state index contributed by atoms with van der Waals surface area (Å²) in [6.07, 6.45) is 2.09. The molecule has 1 atom stereocenters. The first kappa shape index (κ1) is 18.1. The largest absolute Gasteiger partial charge is 0.454 e. The first-order chi connectivity index (χ1) is 10.9. The predicted octanol–water partition coefficient (Wildman–Crippen LogP) is -1.43. The summed E-state index contributed by atoms with van der Waals surface area (Å²) in [5, 5.41) is 1.66. The number of hydrogen-bond donors (Lipinski definition) is 1. The molecule has 2 rings (SSSR count). The minimum atomic E-state index is -0.392. The Labute approximate surface area is 138 Å². The van der Waals surface area contributed by atoms with Crippen LogP contribution < -0.4 is 5.84 Å². The number of nitrogens with two attached hydrogens (primary N) is 1. The highest BCUT2D eigenvalue weighted by molar-refractivity contribution is 5.82. The van der Waals surface area contributed by atoms with E-state index < -0.39 is 6.04 Å². The van der Waals surface area contributed by atoms with Crippen LogP contribution in [0.15, 0.2) is 0 Å². The number of carbonyl (C=O) groups is 2. The molecule has 0 aromatic rings. The lowest BCUT2D eigenvalue weighted by atomic mass is 10.00. The zero-order valence-electron chi connectivity index (χ0n) is 14.4. The van der Waals surface area contributed by atoms with E-state index in [0.717, 1.165) is 39.0 Å². The first-order valence-corrected chi connectivity index (χ1v) is 8.19. The number of esters is 1.